The summed E-state index contributed by atoms with van der Waals surface area (Å²) in [6.45, 7) is 8.38. The van der Waals surface area contributed by atoms with Gasteiger partial charge >= 0.3 is 0 Å². The van der Waals surface area contributed by atoms with Gasteiger partial charge in [-0.25, -0.2) is 9.97 Å². The third-order valence-corrected chi connectivity index (χ3v) is 5.75. The number of hydrogen-bond acceptors (Lipinski definition) is 6. The molecule has 0 bridgehead atoms. The number of nitrogens with zero attached hydrogens (tertiary/aromatic N) is 5. The van der Waals surface area contributed by atoms with Gasteiger partial charge in [0.25, 0.3) is 0 Å². The zero-order valence-electron chi connectivity index (χ0n) is 16.0. The summed E-state index contributed by atoms with van der Waals surface area (Å²) in [6.07, 6.45) is 3.71. The average Bonchev–Trinajstić information content (AvgIpc) is 3.25. The van der Waals surface area contributed by atoms with Crippen molar-refractivity contribution in [1.82, 2.24) is 19.9 Å². The number of benzene rings is 1. The zero-order valence-corrected chi connectivity index (χ0v) is 16.0. The molecule has 146 valence electrons. The van der Waals surface area contributed by atoms with E-state index in [1.54, 1.807) is 6.33 Å². The summed E-state index contributed by atoms with van der Waals surface area (Å²) in [5.41, 5.74) is 2.61. The highest BCUT2D eigenvalue weighted by molar-refractivity contribution is 5.82. The van der Waals surface area contributed by atoms with Crippen LogP contribution in [0.4, 0.5) is 11.6 Å². The number of morpholine rings is 1. The molecule has 0 saturated carbocycles. The Hall–Kier alpha value is -2.64. The molecular weight excluding hydrogens is 352 g/mol. The van der Waals surface area contributed by atoms with E-state index >= 15 is 0 Å². The second kappa shape index (κ2) is 7.77. The molecule has 4 heterocycles. The van der Waals surface area contributed by atoms with E-state index in [4.69, 9.17) is 4.74 Å². The van der Waals surface area contributed by atoms with Crippen LogP contribution < -0.4 is 9.80 Å². The van der Waals surface area contributed by atoms with Crippen molar-refractivity contribution in [1.29, 1.82) is 0 Å². The molecular formula is C21H26N6O. The van der Waals surface area contributed by atoms with Crippen LogP contribution in [-0.4, -0.2) is 72.3 Å². The molecule has 0 spiro atoms. The third kappa shape index (κ3) is 3.55. The lowest BCUT2D eigenvalue weighted by Gasteiger charge is -2.36. The van der Waals surface area contributed by atoms with Gasteiger partial charge in [0, 0.05) is 69.0 Å². The number of anilines is 2. The summed E-state index contributed by atoms with van der Waals surface area (Å²) in [5.74, 6) is 2.04. The lowest BCUT2D eigenvalue weighted by Crippen LogP contribution is -2.46. The molecule has 0 aliphatic carbocycles. The summed E-state index contributed by atoms with van der Waals surface area (Å²) in [5, 5.41) is 1.33. The maximum absolute atomic E-state index is 5.45. The topological polar surface area (TPSA) is 60.5 Å². The molecule has 28 heavy (non-hydrogen) atoms. The summed E-state index contributed by atoms with van der Waals surface area (Å²) < 4.78 is 5.45. The van der Waals surface area contributed by atoms with Crippen molar-refractivity contribution in [2.45, 2.75) is 6.54 Å². The van der Waals surface area contributed by atoms with Gasteiger partial charge < -0.3 is 19.5 Å². The molecule has 2 aromatic heterocycles. The number of hydrogen-bond donors (Lipinski definition) is 1. The molecule has 1 N–H and O–H groups in total. The summed E-state index contributed by atoms with van der Waals surface area (Å²) >= 11 is 0. The lowest BCUT2D eigenvalue weighted by molar-refractivity contribution is 0.122. The highest BCUT2D eigenvalue weighted by atomic mass is 16.5. The minimum absolute atomic E-state index is 0.770. The van der Waals surface area contributed by atoms with Crippen LogP contribution in [0, 0.1) is 0 Å². The Morgan fingerprint density at radius 1 is 0.893 bits per heavy atom. The number of H-pyrrole nitrogens is 1. The SMILES string of the molecule is c1cc(CN2CCN(c3cc(N4CCOCC4)ncn3)CC2)c2cc[nH]c2c1. The normalized spacial score (nSPS) is 18.7. The zero-order chi connectivity index (χ0) is 18.8. The van der Waals surface area contributed by atoms with Crippen molar-refractivity contribution in [2.24, 2.45) is 0 Å². The number of aromatic amines is 1. The number of aromatic nitrogens is 3. The standard InChI is InChI=1S/C21H26N6O/c1-2-17(18-4-5-22-19(18)3-1)15-25-6-8-26(9-7-25)20-14-21(24-16-23-20)27-10-12-28-13-11-27/h1-5,14,16,22H,6-13,15H2. The van der Waals surface area contributed by atoms with Gasteiger partial charge in [-0.15, -0.1) is 0 Å². The van der Waals surface area contributed by atoms with Crippen LogP contribution in [0.3, 0.4) is 0 Å². The molecule has 7 heteroatoms. The first-order chi connectivity index (χ1) is 13.9. The molecule has 2 aliphatic rings. The van der Waals surface area contributed by atoms with Gasteiger partial charge in [-0.1, -0.05) is 12.1 Å². The Labute approximate surface area is 164 Å². The van der Waals surface area contributed by atoms with Crippen molar-refractivity contribution in [3.05, 3.63) is 48.4 Å². The molecule has 2 saturated heterocycles. The maximum atomic E-state index is 5.45. The average molecular weight is 378 g/mol. The number of ether oxygens (including phenoxy) is 1. The number of fused-ring (bicyclic) bond motifs is 1. The lowest BCUT2D eigenvalue weighted by atomic mass is 10.1. The van der Waals surface area contributed by atoms with Crippen molar-refractivity contribution in [3.63, 3.8) is 0 Å². The fourth-order valence-corrected chi connectivity index (χ4v) is 4.14. The van der Waals surface area contributed by atoms with Crippen LogP contribution in [0.2, 0.25) is 0 Å². The van der Waals surface area contributed by atoms with E-state index < -0.39 is 0 Å². The molecule has 7 nitrogen and oxygen atoms in total. The van der Waals surface area contributed by atoms with E-state index in [0.29, 0.717) is 0 Å². The van der Waals surface area contributed by atoms with E-state index in [0.717, 1.165) is 70.7 Å². The second-order valence-electron chi connectivity index (χ2n) is 7.45. The minimum Gasteiger partial charge on any atom is -0.378 e. The number of piperazine rings is 1. The first kappa shape index (κ1) is 17.5. The van der Waals surface area contributed by atoms with Crippen LogP contribution in [0.5, 0.6) is 0 Å². The molecule has 2 aliphatic heterocycles. The molecule has 5 rings (SSSR count). The van der Waals surface area contributed by atoms with Gasteiger partial charge in [0.05, 0.1) is 13.2 Å². The van der Waals surface area contributed by atoms with Crippen LogP contribution in [0.15, 0.2) is 42.9 Å². The van der Waals surface area contributed by atoms with Gasteiger partial charge in [-0.05, 0) is 17.7 Å². The second-order valence-corrected chi connectivity index (χ2v) is 7.45. The molecule has 3 aromatic rings. The fourth-order valence-electron chi connectivity index (χ4n) is 4.14. The predicted molar refractivity (Wildman–Crippen MR) is 111 cm³/mol. The highest BCUT2D eigenvalue weighted by Crippen LogP contribution is 2.22. The minimum atomic E-state index is 0.770. The quantitative estimate of drug-likeness (QED) is 0.750. The summed E-state index contributed by atoms with van der Waals surface area (Å²) in [7, 11) is 0. The van der Waals surface area contributed by atoms with E-state index in [2.05, 4.69) is 60.0 Å². The van der Waals surface area contributed by atoms with Crippen LogP contribution >= 0.6 is 0 Å². The van der Waals surface area contributed by atoms with Crippen LogP contribution in [-0.2, 0) is 11.3 Å². The third-order valence-electron chi connectivity index (χ3n) is 5.75. The van der Waals surface area contributed by atoms with Gasteiger partial charge in [0.15, 0.2) is 0 Å². The molecule has 2 fully saturated rings. The summed E-state index contributed by atoms with van der Waals surface area (Å²) in [4.78, 5) is 19.5. The van der Waals surface area contributed by atoms with Crippen LogP contribution in [0.1, 0.15) is 5.56 Å². The van der Waals surface area contributed by atoms with Gasteiger partial charge in [-0.2, -0.15) is 0 Å². The van der Waals surface area contributed by atoms with Crippen LogP contribution in [0.25, 0.3) is 10.9 Å². The van der Waals surface area contributed by atoms with E-state index in [-0.39, 0.29) is 0 Å². The predicted octanol–water partition coefficient (Wildman–Crippen LogP) is 2.12. The molecule has 0 radical (unpaired) electrons. The van der Waals surface area contributed by atoms with Crippen molar-refractivity contribution >= 4 is 22.5 Å². The molecule has 0 amide bonds. The largest absolute Gasteiger partial charge is 0.378 e. The number of nitrogens with one attached hydrogen (secondary N) is 1. The number of rotatable bonds is 4. The first-order valence-electron chi connectivity index (χ1n) is 10.0. The van der Waals surface area contributed by atoms with E-state index in [1.165, 1.54) is 16.5 Å². The maximum Gasteiger partial charge on any atom is 0.134 e. The van der Waals surface area contributed by atoms with Gasteiger partial charge in [0.1, 0.15) is 18.0 Å². The Morgan fingerprint density at radius 2 is 1.64 bits per heavy atom. The van der Waals surface area contributed by atoms with Gasteiger partial charge in [0.2, 0.25) is 0 Å². The highest BCUT2D eigenvalue weighted by Gasteiger charge is 2.20. The van der Waals surface area contributed by atoms with Crippen molar-refractivity contribution < 1.29 is 4.74 Å². The summed E-state index contributed by atoms with van der Waals surface area (Å²) in [6, 6.07) is 10.8. The van der Waals surface area contributed by atoms with Gasteiger partial charge in [-0.3, -0.25) is 4.90 Å². The monoisotopic (exact) mass is 378 g/mol. The Balaban J connectivity index is 1.23. The Bertz CT molecular complexity index is 927. The molecule has 1 aromatic carbocycles. The molecule has 0 unspecified atom stereocenters. The molecule has 0 atom stereocenters. The van der Waals surface area contributed by atoms with E-state index in [9.17, 15) is 0 Å². The van der Waals surface area contributed by atoms with Crippen molar-refractivity contribution in [3.8, 4) is 0 Å². The fraction of sp³-hybridized carbons (Fsp3) is 0.429. The van der Waals surface area contributed by atoms with Crippen molar-refractivity contribution in [2.75, 3.05) is 62.3 Å². The Morgan fingerprint density at radius 3 is 2.43 bits per heavy atom. The first-order valence-corrected chi connectivity index (χ1v) is 10.0. The Kier molecular flexibility index (Phi) is 4.85. The smallest absolute Gasteiger partial charge is 0.134 e. The van der Waals surface area contributed by atoms with E-state index in [1.807, 2.05) is 6.20 Å².